The summed E-state index contributed by atoms with van der Waals surface area (Å²) >= 11 is 0. The molecule has 0 bridgehead atoms. The lowest BCUT2D eigenvalue weighted by Crippen LogP contribution is -2.33. The number of ether oxygens (including phenoxy) is 1. The maximum absolute atomic E-state index is 14.5. The number of carbonyl (C=O) groups is 1. The largest absolute Gasteiger partial charge is 0.493 e. The van der Waals surface area contributed by atoms with Crippen LogP contribution in [0.1, 0.15) is 43.5 Å². The van der Waals surface area contributed by atoms with Gasteiger partial charge in [-0.2, -0.15) is 8.42 Å². The van der Waals surface area contributed by atoms with Crippen molar-refractivity contribution in [3.8, 4) is 17.0 Å². The molecule has 1 aliphatic heterocycles. The van der Waals surface area contributed by atoms with Gasteiger partial charge in [0.2, 0.25) is 0 Å². The summed E-state index contributed by atoms with van der Waals surface area (Å²) in [6, 6.07) is 10.1. The zero-order valence-electron chi connectivity index (χ0n) is 21.3. The number of carbonyl (C=O) groups excluding carboxylic acids is 1. The smallest absolute Gasteiger partial charge is 0.281 e. The predicted octanol–water partition coefficient (Wildman–Crippen LogP) is 4.01. The minimum absolute atomic E-state index is 0.103. The highest BCUT2D eigenvalue weighted by atomic mass is 32.2. The standard InChI is InChI=1S/C27H30FN5O4S/c1-17(2)15-37-21-12-18(11-19(28)13-21)23-4-3-22(25(31-23)33-10-8-27(16-33)6-7-27)26(34)32-38(35,36)24-14-20(29)5-9-30-24/h3-5,9,11-14,17H,6-8,10,15-16H2,1-2H3,(H2,29,30)(H,32,34). The number of hydrogen-bond donors (Lipinski definition) is 2. The Bertz CT molecular complexity index is 1490. The van der Waals surface area contributed by atoms with Gasteiger partial charge < -0.3 is 15.4 Å². The molecule has 1 spiro atoms. The molecule has 1 aromatic carbocycles. The number of anilines is 2. The Hall–Kier alpha value is -3.73. The zero-order valence-corrected chi connectivity index (χ0v) is 22.1. The molecule has 1 saturated heterocycles. The van der Waals surface area contributed by atoms with Crippen molar-refractivity contribution in [2.24, 2.45) is 11.3 Å². The van der Waals surface area contributed by atoms with Crippen LogP contribution in [0.25, 0.3) is 11.3 Å². The average molecular weight is 540 g/mol. The SMILES string of the molecule is CC(C)COc1cc(F)cc(-c2ccc(C(=O)NS(=O)(=O)c3cc(N)ccn3)c(N3CCC4(CC4)C3)n2)c1. The normalized spacial score (nSPS) is 16.2. The van der Waals surface area contributed by atoms with Crippen molar-refractivity contribution in [2.75, 3.05) is 30.3 Å². The van der Waals surface area contributed by atoms with Gasteiger partial charge in [0.25, 0.3) is 15.9 Å². The van der Waals surface area contributed by atoms with Crippen molar-refractivity contribution < 1.29 is 22.3 Å². The highest BCUT2D eigenvalue weighted by molar-refractivity contribution is 7.90. The Morgan fingerprint density at radius 1 is 1.18 bits per heavy atom. The Labute approximate surface area is 221 Å². The number of pyridine rings is 2. The molecule has 0 unspecified atom stereocenters. The summed E-state index contributed by atoms with van der Waals surface area (Å²) in [5, 5.41) is -0.358. The molecule has 3 heterocycles. The van der Waals surface area contributed by atoms with Crippen LogP contribution in [0.3, 0.4) is 0 Å². The van der Waals surface area contributed by atoms with Crippen LogP contribution in [0.2, 0.25) is 0 Å². The van der Waals surface area contributed by atoms with E-state index in [2.05, 4.69) is 9.71 Å². The van der Waals surface area contributed by atoms with Gasteiger partial charge in [0.05, 0.1) is 17.9 Å². The van der Waals surface area contributed by atoms with Gasteiger partial charge in [0, 0.05) is 42.7 Å². The summed E-state index contributed by atoms with van der Waals surface area (Å²) in [6.07, 6.45) is 4.45. The van der Waals surface area contributed by atoms with E-state index < -0.39 is 21.7 Å². The number of nitrogen functional groups attached to an aromatic ring is 1. The summed E-state index contributed by atoms with van der Waals surface area (Å²) < 4.78 is 48.0. The van der Waals surface area contributed by atoms with Crippen LogP contribution in [0.4, 0.5) is 15.9 Å². The van der Waals surface area contributed by atoms with E-state index in [1.807, 2.05) is 18.7 Å². The first-order valence-electron chi connectivity index (χ1n) is 12.5. The van der Waals surface area contributed by atoms with Crippen LogP contribution in [-0.2, 0) is 10.0 Å². The number of hydrogen-bond acceptors (Lipinski definition) is 8. The van der Waals surface area contributed by atoms with Crippen LogP contribution in [0.5, 0.6) is 5.75 Å². The second kappa shape index (κ2) is 9.86. The number of rotatable bonds is 8. The molecule has 2 fully saturated rings. The molecular weight excluding hydrogens is 509 g/mol. The molecule has 9 nitrogen and oxygen atoms in total. The molecule has 1 saturated carbocycles. The molecule has 2 aromatic heterocycles. The van der Waals surface area contributed by atoms with E-state index in [0.29, 0.717) is 36.0 Å². The van der Waals surface area contributed by atoms with E-state index in [9.17, 15) is 17.6 Å². The molecular formula is C27H30FN5O4S. The number of nitrogens with zero attached hydrogens (tertiary/aromatic N) is 3. The summed E-state index contributed by atoms with van der Waals surface area (Å²) in [7, 11) is -4.27. The lowest BCUT2D eigenvalue weighted by molar-refractivity contribution is 0.0981. The Morgan fingerprint density at radius 2 is 1.97 bits per heavy atom. The van der Waals surface area contributed by atoms with Crippen molar-refractivity contribution in [1.82, 2.24) is 14.7 Å². The molecule has 3 aromatic rings. The molecule has 1 aliphatic carbocycles. The maximum Gasteiger partial charge on any atom is 0.281 e. The lowest BCUT2D eigenvalue weighted by Gasteiger charge is -2.21. The highest BCUT2D eigenvalue weighted by Crippen LogP contribution is 2.53. The molecule has 1 amide bonds. The zero-order chi connectivity index (χ0) is 27.1. The highest BCUT2D eigenvalue weighted by Gasteiger charge is 2.48. The summed E-state index contributed by atoms with van der Waals surface area (Å²) in [5.74, 6) is -0.287. The van der Waals surface area contributed by atoms with Crippen molar-refractivity contribution in [3.63, 3.8) is 0 Å². The molecule has 3 N–H and O–H groups in total. The van der Waals surface area contributed by atoms with Crippen LogP contribution < -0.4 is 20.1 Å². The van der Waals surface area contributed by atoms with Crippen molar-refractivity contribution in [1.29, 1.82) is 0 Å². The first kappa shape index (κ1) is 25.9. The van der Waals surface area contributed by atoms with Gasteiger partial charge in [-0.1, -0.05) is 13.8 Å². The summed E-state index contributed by atoms with van der Waals surface area (Å²) in [6.45, 7) is 5.85. The fourth-order valence-electron chi connectivity index (χ4n) is 4.59. The van der Waals surface area contributed by atoms with Gasteiger partial charge in [0.1, 0.15) is 17.4 Å². The van der Waals surface area contributed by atoms with Gasteiger partial charge in [-0.3, -0.25) is 4.79 Å². The Morgan fingerprint density at radius 3 is 2.66 bits per heavy atom. The first-order valence-corrected chi connectivity index (χ1v) is 14.0. The van der Waals surface area contributed by atoms with Crippen LogP contribution >= 0.6 is 0 Å². The van der Waals surface area contributed by atoms with E-state index in [0.717, 1.165) is 25.8 Å². The third-order valence-electron chi connectivity index (χ3n) is 6.83. The average Bonchev–Trinajstić information content (AvgIpc) is 3.50. The predicted molar refractivity (Wildman–Crippen MR) is 142 cm³/mol. The third kappa shape index (κ3) is 5.57. The van der Waals surface area contributed by atoms with E-state index in [4.69, 9.17) is 15.5 Å². The fraction of sp³-hybridized carbons (Fsp3) is 0.370. The lowest BCUT2D eigenvalue weighted by atomic mass is 10.1. The van der Waals surface area contributed by atoms with Gasteiger partial charge in [-0.25, -0.2) is 19.1 Å². The monoisotopic (exact) mass is 539 g/mol. The Kier molecular flexibility index (Phi) is 6.72. The van der Waals surface area contributed by atoms with Gasteiger partial charge >= 0.3 is 0 Å². The van der Waals surface area contributed by atoms with Gasteiger partial charge in [-0.05, 0) is 60.9 Å². The molecule has 2 aliphatic rings. The molecule has 5 rings (SSSR count). The van der Waals surface area contributed by atoms with Gasteiger partial charge in [-0.15, -0.1) is 0 Å². The molecule has 11 heteroatoms. The fourth-order valence-corrected chi connectivity index (χ4v) is 5.54. The van der Waals surface area contributed by atoms with Crippen molar-refractivity contribution in [2.45, 2.75) is 38.1 Å². The number of nitrogens with two attached hydrogens (primary N) is 1. The number of halogens is 1. The quantitative estimate of drug-likeness (QED) is 0.440. The molecule has 200 valence electrons. The molecule has 38 heavy (non-hydrogen) atoms. The van der Waals surface area contributed by atoms with Crippen LogP contribution in [-0.4, -0.2) is 44.0 Å². The first-order chi connectivity index (χ1) is 18.0. The summed E-state index contributed by atoms with van der Waals surface area (Å²) in [4.78, 5) is 23.9. The van der Waals surface area contributed by atoms with E-state index in [1.165, 1.54) is 36.5 Å². The number of sulfonamides is 1. The number of benzene rings is 1. The number of amides is 1. The molecule has 0 radical (unpaired) electrons. The molecule has 0 atom stereocenters. The van der Waals surface area contributed by atoms with Crippen molar-refractivity contribution in [3.05, 3.63) is 60.0 Å². The van der Waals surface area contributed by atoms with E-state index >= 15 is 0 Å². The minimum Gasteiger partial charge on any atom is -0.493 e. The minimum atomic E-state index is -4.27. The van der Waals surface area contributed by atoms with E-state index in [1.54, 1.807) is 12.1 Å². The third-order valence-corrected chi connectivity index (χ3v) is 8.05. The van der Waals surface area contributed by atoms with Crippen LogP contribution in [0.15, 0.2) is 53.7 Å². The second-order valence-electron chi connectivity index (χ2n) is 10.5. The van der Waals surface area contributed by atoms with Crippen molar-refractivity contribution >= 4 is 27.4 Å². The number of nitrogens with one attached hydrogen (secondary N) is 1. The van der Waals surface area contributed by atoms with Crippen LogP contribution in [0, 0.1) is 17.2 Å². The van der Waals surface area contributed by atoms with Gasteiger partial charge in [0.15, 0.2) is 5.03 Å². The Balaban J connectivity index is 1.49. The van der Waals surface area contributed by atoms with E-state index in [-0.39, 0.29) is 27.6 Å². The maximum atomic E-state index is 14.5. The topological polar surface area (TPSA) is 128 Å². The number of aromatic nitrogens is 2. The second-order valence-corrected chi connectivity index (χ2v) is 12.1. The summed E-state index contributed by atoms with van der Waals surface area (Å²) in [5.41, 5.74) is 7.17.